The molecule has 0 aromatic heterocycles. The summed E-state index contributed by atoms with van der Waals surface area (Å²) >= 11 is 0. The van der Waals surface area contributed by atoms with Crippen molar-refractivity contribution in [1.29, 1.82) is 5.26 Å². The molecule has 0 amide bonds. The number of rotatable bonds is 6. The summed E-state index contributed by atoms with van der Waals surface area (Å²) in [4.78, 5) is 2.55. The molecule has 0 bridgehead atoms. The lowest BCUT2D eigenvalue weighted by molar-refractivity contribution is 0.0675. The first-order chi connectivity index (χ1) is 11.7. The van der Waals surface area contributed by atoms with Crippen LogP contribution in [0.25, 0.3) is 0 Å². The Kier molecular flexibility index (Phi) is 5.76. The zero-order valence-electron chi connectivity index (χ0n) is 14.7. The average Bonchev–Trinajstić information content (AvgIpc) is 3.05. The van der Waals surface area contributed by atoms with Gasteiger partial charge in [-0.1, -0.05) is 12.1 Å². The first kappa shape index (κ1) is 17.3. The summed E-state index contributed by atoms with van der Waals surface area (Å²) in [7, 11) is 0. The molecule has 2 aliphatic rings. The van der Waals surface area contributed by atoms with Gasteiger partial charge in [-0.2, -0.15) is 5.26 Å². The molecule has 2 fully saturated rings. The van der Waals surface area contributed by atoms with E-state index in [9.17, 15) is 5.26 Å². The summed E-state index contributed by atoms with van der Waals surface area (Å²) in [6.07, 6.45) is 5.27. The molecule has 4 heteroatoms. The molecule has 0 radical (unpaired) electrons. The molecule has 130 valence electrons. The van der Waals surface area contributed by atoms with Gasteiger partial charge in [-0.15, -0.1) is 0 Å². The maximum atomic E-state index is 9.62. The van der Waals surface area contributed by atoms with E-state index in [0.717, 1.165) is 49.8 Å². The third-order valence-corrected chi connectivity index (χ3v) is 5.52. The largest absolute Gasteiger partial charge is 0.494 e. The molecule has 2 heterocycles. The molecule has 0 aliphatic carbocycles. The van der Waals surface area contributed by atoms with Crippen molar-refractivity contribution in [2.24, 2.45) is 0 Å². The molecule has 1 atom stereocenters. The van der Waals surface area contributed by atoms with E-state index in [0.29, 0.717) is 13.2 Å². The predicted octanol–water partition coefficient (Wildman–Crippen LogP) is 3.51. The summed E-state index contributed by atoms with van der Waals surface area (Å²) in [5, 5.41) is 9.62. The highest BCUT2D eigenvalue weighted by Gasteiger charge is 2.34. The van der Waals surface area contributed by atoms with Gasteiger partial charge in [-0.05, 0) is 63.3 Å². The van der Waals surface area contributed by atoms with Crippen molar-refractivity contribution >= 4 is 0 Å². The van der Waals surface area contributed by atoms with Crippen molar-refractivity contribution < 1.29 is 9.47 Å². The number of nitrogens with zero attached hydrogens (tertiary/aromatic N) is 2. The third-order valence-electron chi connectivity index (χ3n) is 5.52. The summed E-state index contributed by atoms with van der Waals surface area (Å²) < 4.78 is 11.3. The predicted molar refractivity (Wildman–Crippen MR) is 94.2 cm³/mol. The van der Waals surface area contributed by atoms with Gasteiger partial charge in [-0.3, -0.25) is 0 Å². The Morgan fingerprint density at radius 1 is 1.29 bits per heavy atom. The molecule has 1 aromatic rings. The smallest absolute Gasteiger partial charge is 0.119 e. The van der Waals surface area contributed by atoms with Crippen LogP contribution in [0.1, 0.15) is 44.6 Å². The first-order valence-electron chi connectivity index (χ1n) is 9.20. The van der Waals surface area contributed by atoms with E-state index in [2.05, 4.69) is 17.9 Å². The lowest BCUT2D eigenvalue weighted by atomic mass is 9.75. The van der Waals surface area contributed by atoms with Crippen LogP contribution in [0.15, 0.2) is 24.3 Å². The number of nitriles is 1. The van der Waals surface area contributed by atoms with Gasteiger partial charge < -0.3 is 14.4 Å². The minimum absolute atomic E-state index is 0.386. The Morgan fingerprint density at radius 2 is 2.04 bits per heavy atom. The van der Waals surface area contributed by atoms with Crippen molar-refractivity contribution in [3.8, 4) is 11.8 Å². The van der Waals surface area contributed by atoms with E-state index >= 15 is 0 Å². The van der Waals surface area contributed by atoms with Crippen LogP contribution in [0.3, 0.4) is 0 Å². The fraction of sp³-hybridized carbons (Fsp3) is 0.650. The molecule has 0 spiro atoms. The van der Waals surface area contributed by atoms with Crippen LogP contribution < -0.4 is 4.74 Å². The van der Waals surface area contributed by atoms with Crippen LogP contribution in [-0.4, -0.2) is 43.9 Å². The van der Waals surface area contributed by atoms with Crippen molar-refractivity contribution in [3.63, 3.8) is 0 Å². The Hall–Kier alpha value is -1.57. The minimum atomic E-state index is -0.386. The quantitative estimate of drug-likeness (QED) is 0.750. The lowest BCUT2D eigenvalue weighted by Gasteiger charge is -2.31. The molecular weight excluding hydrogens is 300 g/mol. The Bertz CT molecular complexity index is 558. The maximum absolute atomic E-state index is 9.62. The van der Waals surface area contributed by atoms with Gasteiger partial charge in [0.1, 0.15) is 5.75 Å². The van der Waals surface area contributed by atoms with E-state index < -0.39 is 0 Å². The van der Waals surface area contributed by atoms with E-state index in [-0.39, 0.29) is 5.41 Å². The van der Waals surface area contributed by atoms with E-state index in [4.69, 9.17) is 9.47 Å². The molecule has 0 N–H and O–H groups in total. The lowest BCUT2D eigenvalue weighted by Crippen LogP contribution is -2.32. The van der Waals surface area contributed by atoms with E-state index in [1.165, 1.54) is 19.4 Å². The van der Waals surface area contributed by atoms with Crippen molar-refractivity contribution in [1.82, 2.24) is 4.90 Å². The Balaban J connectivity index is 1.48. The number of hydrogen-bond acceptors (Lipinski definition) is 4. The van der Waals surface area contributed by atoms with E-state index in [1.807, 2.05) is 24.3 Å². The van der Waals surface area contributed by atoms with Crippen LogP contribution in [0.5, 0.6) is 5.75 Å². The summed E-state index contributed by atoms with van der Waals surface area (Å²) in [5.74, 6) is 0.897. The second-order valence-electron chi connectivity index (χ2n) is 7.06. The molecule has 2 aliphatic heterocycles. The number of ether oxygens (including phenoxy) is 2. The van der Waals surface area contributed by atoms with Crippen LogP contribution in [0.2, 0.25) is 0 Å². The van der Waals surface area contributed by atoms with Crippen LogP contribution in [0.4, 0.5) is 0 Å². The standard InChI is InChI=1S/C20H28N2O2/c1-17-4-2-11-22(17)12-3-13-24-19-7-5-18(6-8-19)20(16-21)9-14-23-15-10-20/h5-8,17H,2-4,9-15H2,1H3/t17-/m0/s1. The van der Waals surface area contributed by atoms with Gasteiger partial charge in [-0.25, -0.2) is 0 Å². The SMILES string of the molecule is C[C@H]1CCCN1CCCOc1ccc(C2(C#N)CCOCC2)cc1. The van der Waals surface area contributed by atoms with Crippen LogP contribution in [-0.2, 0) is 10.2 Å². The molecule has 3 rings (SSSR count). The first-order valence-corrected chi connectivity index (χ1v) is 9.20. The molecule has 0 saturated carbocycles. The monoisotopic (exact) mass is 328 g/mol. The number of likely N-dealkylation sites (tertiary alicyclic amines) is 1. The second-order valence-corrected chi connectivity index (χ2v) is 7.06. The zero-order valence-corrected chi connectivity index (χ0v) is 14.7. The Labute approximate surface area is 145 Å². The highest BCUT2D eigenvalue weighted by molar-refractivity contribution is 5.37. The minimum Gasteiger partial charge on any atom is -0.494 e. The number of hydrogen-bond donors (Lipinski definition) is 0. The van der Waals surface area contributed by atoms with Gasteiger partial charge in [0.2, 0.25) is 0 Å². The molecule has 24 heavy (non-hydrogen) atoms. The van der Waals surface area contributed by atoms with Crippen LogP contribution in [0, 0.1) is 11.3 Å². The van der Waals surface area contributed by atoms with Crippen molar-refractivity contribution in [2.75, 3.05) is 32.9 Å². The fourth-order valence-electron chi connectivity index (χ4n) is 3.84. The molecule has 4 nitrogen and oxygen atoms in total. The highest BCUT2D eigenvalue weighted by Crippen LogP contribution is 2.34. The second kappa shape index (κ2) is 8.00. The van der Waals surface area contributed by atoms with Gasteiger partial charge >= 0.3 is 0 Å². The summed E-state index contributed by atoms with van der Waals surface area (Å²) in [5.41, 5.74) is 0.703. The van der Waals surface area contributed by atoms with Gasteiger partial charge in [0.05, 0.1) is 18.1 Å². The van der Waals surface area contributed by atoms with Crippen molar-refractivity contribution in [2.45, 2.75) is 50.5 Å². The third kappa shape index (κ3) is 3.91. The van der Waals surface area contributed by atoms with Crippen LogP contribution >= 0.6 is 0 Å². The normalized spacial score (nSPS) is 23.8. The maximum Gasteiger partial charge on any atom is 0.119 e. The van der Waals surface area contributed by atoms with Gasteiger partial charge in [0.15, 0.2) is 0 Å². The summed E-state index contributed by atoms with van der Waals surface area (Å²) in [6.45, 7) is 6.75. The molecule has 1 aromatic carbocycles. The summed E-state index contributed by atoms with van der Waals surface area (Å²) in [6, 6.07) is 11.3. The Morgan fingerprint density at radius 3 is 2.67 bits per heavy atom. The molecule has 0 unspecified atom stereocenters. The number of benzene rings is 1. The van der Waals surface area contributed by atoms with Gasteiger partial charge in [0, 0.05) is 25.8 Å². The molecule has 2 saturated heterocycles. The van der Waals surface area contributed by atoms with Crippen molar-refractivity contribution in [3.05, 3.63) is 29.8 Å². The molecular formula is C20H28N2O2. The fourth-order valence-corrected chi connectivity index (χ4v) is 3.84. The highest BCUT2D eigenvalue weighted by atomic mass is 16.5. The topological polar surface area (TPSA) is 45.5 Å². The average molecular weight is 328 g/mol. The van der Waals surface area contributed by atoms with Gasteiger partial charge in [0.25, 0.3) is 0 Å². The van der Waals surface area contributed by atoms with E-state index in [1.54, 1.807) is 0 Å². The zero-order chi connectivity index (χ0) is 16.8.